The number of rotatable bonds is 7. The molecule has 4 rings (SSSR count). The number of ether oxygens (including phenoxy) is 1. The standard InChI is InChI=1S/C27H23FN2O6/c1-15(21-5-3-4-6-22(21)28)35-27(34)29-23-16(2)36-30-24(23)19-11-7-17(8-12-19)18-9-13-20(14-10-18)25(31)26(32)33/h3-15,25,31H,1-2H3,(H,29,34)(H,32,33)/t15-,25?/m1/s1. The minimum Gasteiger partial charge on any atom is -0.479 e. The van der Waals surface area contributed by atoms with Crippen LogP contribution in [0, 0.1) is 12.7 Å². The molecule has 0 aliphatic carbocycles. The first-order chi connectivity index (χ1) is 17.2. The van der Waals surface area contributed by atoms with Crippen LogP contribution < -0.4 is 5.32 Å². The van der Waals surface area contributed by atoms with Crippen molar-refractivity contribution < 1.29 is 33.5 Å². The second-order valence-corrected chi connectivity index (χ2v) is 8.10. The smallest absolute Gasteiger partial charge is 0.412 e. The van der Waals surface area contributed by atoms with Crippen molar-refractivity contribution in [1.29, 1.82) is 0 Å². The molecule has 1 aromatic heterocycles. The number of hydrogen-bond donors (Lipinski definition) is 3. The summed E-state index contributed by atoms with van der Waals surface area (Å²) in [5, 5.41) is 25.3. The SMILES string of the molecule is Cc1onc(-c2ccc(-c3ccc(C(O)C(=O)O)cc3)cc2)c1NC(=O)O[C@H](C)c1ccccc1F. The van der Waals surface area contributed by atoms with Gasteiger partial charge in [0, 0.05) is 11.1 Å². The molecule has 36 heavy (non-hydrogen) atoms. The summed E-state index contributed by atoms with van der Waals surface area (Å²) >= 11 is 0. The van der Waals surface area contributed by atoms with Gasteiger partial charge < -0.3 is 19.5 Å². The largest absolute Gasteiger partial charge is 0.479 e. The Labute approximate surface area is 205 Å². The third kappa shape index (κ3) is 5.26. The molecule has 0 saturated heterocycles. The fourth-order valence-electron chi connectivity index (χ4n) is 3.70. The van der Waals surface area contributed by atoms with Gasteiger partial charge >= 0.3 is 12.1 Å². The van der Waals surface area contributed by atoms with Crippen LogP contribution in [0.3, 0.4) is 0 Å². The number of halogens is 1. The number of aliphatic carboxylic acids is 1. The van der Waals surface area contributed by atoms with Crippen molar-refractivity contribution in [2.45, 2.75) is 26.1 Å². The van der Waals surface area contributed by atoms with Gasteiger partial charge in [-0.3, -0.25) is 5.32 Å². The molecule has 184 valence electrons. The average molecular weight is 490 g/mol. The summed E-state index contributed by atoms with van der Waals surface area (Å²) in [6, 6.07) is 19.9. The number of aliphatic hydroxyl groups excluding tert-OH is 1. The molecule has 1 heterocycles. The number of nitrogens with zero attached hydrogens (tertiary/aromatic N) is 1. The summed E-state index contributed by atoms with van der Waals surface area (Å²) in [4.78, 5) is 23.5. The van der Waals surface area contributed by atoms with E-state index < -0.39 is 30.1 Å². The number of benzene rings is 3. The number of aromatic nitrogens is 1. The summed E-state index contributed by atoms with van der Waals surface area (Å²) in [5.74, 6) is -1.41. The third-order valence-corrected chi connectivity index (χ3v) is 5.67. The number of aliphatic hydroxyl groups is 1. The van der Waals surface area contributed by atoms with Crippen LogP contribution in [0.4, 0.5) is 14.9 Å². The van der Waals surface area contributed by atoms with Gasteiger partial charge in [-0.2, -0.15) is 0 Å². The van der Waals surface area contributed by atoms with Crippen LogP contribution in [0.2, 0.25) is 0 Å². The van der Waals surface area contributed by atoms with Crippen molar-refractivity contribution >= 4 is 17.7 Å². The lowest BCUT2D eigenvalue weighted by Crippen LogP contribution is -2.17. The first-order valence-electron chi connectivity index (χ1n) is 11.0. The second kappa shape index (κ2) is 10.4. The van der Waals surface area contributed by atoms with Gasteiger partial charge in [-0.05, 0) is 36.6 Å². The summed E-state index contributed by atoms with van der Waals surface area (Å²) in [7, 11) is 0. The Bertz CT molecular complexity index is 1380. The summed E-state index contributed by atoms with van der Waals surface area (Å²) in [5.41, 5.74) is 3.62. The van der Waals surface area contributed by atoms with Crippen molar-refractivity contribution in [3.05, 3.63) is 95.5 Å². The van der Waals surface area contributed by atoms with Crippen LogP contribution in [0.15, 0.2) is 77.3 Å². The maximum Gasteiger partial charge on any atom is 0.412 e. The molecule has 0 aliphatic heterocycles. The molecular weight excluding hydrogens is 467 g/mol. The van der Waals surface area contributed by atoms with E-state index >= 15 is 0 Å². The summed E-state index contributed by atoms with van der Waals surface area (Å²) < 4.78 is 24.6. The molecule has 1 unspecified atom stereocenters. The van der Waals surface area contributed by atoms with Crippen LogP contribution >= 0.6 is 0 Å². The zero-order chi connectivity index (χ0) is 25.8. The molecule has 0 radical (unpaired) electrons. The van der Waals surface area contributed by atoms with Gasteiger partial charge in [-0.25, -0.2) is 14.0 Å². The molecule has 3 N–H and O–H groups in total. The Morgan fingerprint density at radius 2 is 1.56 bits per heavy atom. The van der Waals surface area contributed by atoms with E-state index in [4.69, 9.17) is 14.4 Å². The van der Waals surface area contributed by atoms with E-state index in [9.17, 15) is 19.1 Å². The Balaban J connectivity index is 1.49. The molecule has 9 heteroatoms. The van der Waals surface area contributed by atoms with Crippen LogP contribution in [-0.4, -0.2) is 27.4 Å². The number of carbonyl (C=O) groups is 2. The fourth-order valence-corrected chi connectivity index (χ4v) is 3.70. The monoisotopic (exact) mass is 490 g/mol. The van der Waals surface area contributed by atoms with Crippen molar-refractivity contribution in [2.24, 2.45) is 0 Å². The van der Waals surface area contributed by atoms with Crippen molar-refractivity contribution in [1.82, 2.24) is 5.16 Å². The Morgan fingerprint density at radius 3 is 2.17 bits per heavy atom. The number of nitrogens with one attached hydrogen (secondary N) is 1. The van der Waals surface area contributed by atoms with Crippen LogP contribution in [0.25, 0.3) is 22.4 Å². The zero-order valence-electron chi connectivity index (χ0n) is 19.4. The molecule has 0 saturated carbocycles. The average Bonchev–Trinajstić information content (AvgIpc) is 3.23. The molecular formula is C27H23FN2O6. The Morgan fingerprint density at radius 1 is 0.972 bits per heavy atom. The number of aryl methyl sites for hydroxylation is 1. The minimum absolute atomic E-state index is 0.260. The van der Waals surface area contributed by atoms with E-state index in [0.29, 0.717) is 22.7 Å². The highest BCUT2D eigenvalue weighted by Gasteiger charge is 2.21. The normalized spacial score (nSPS) is 12.6. The molecule has 3 aromatic carbocycles. The van der Waals surface area contributed by atoms with Gasteiger partial charge in [-0.15, -0.1) is 0 Å². The maximum atomic E-state index is 14.0. The Hall–Kier alpha value is -4.50. The van der Waals surface area contributed by atoms with Crippen molar-refractivity contribution in [2.75, 3.05) is 5.32 Å². The molecule has 4 aromatic rings. The first-order valence-corrected chi connectivity index (χ1v) is 11.0. The predicted octanol–water partition coefficient (Wildman–Crippen LogP) is 5.88. The van der Waals surface area contributed by atoms with E-state index in [1.165, 1.54) is 6.07 Å². The van der Waals surface area contributed by atoms with E-state index in [2.05, 4.69) is 10.5 Å². The second-order valence-electron chi connectivity index (χ2n) is 8.10. The van der Waals surface area contributed by atoms with E-state index in [1.54, 1.807) is 68.4 Å². The lowest BCUT2D eigenvalue weighted by atomic mass is 10.00. The minimum atomic E-state index is -1.58. The quantitative estimate of drug-likeness (QED) is 0.295. The molecule has 0 bridgehead atoms. The predicted molar refractivity (Wildman–Crippen MR) is 130 cm³/mol. The van der Waals surface area contributed by atoms with Crippen LogP contribution in [0.1, 0.15) is 36.0 Å². The number of anilines is 1. The van der Waals surface area contributed by atoms with Gasteiger partial charge in [0.05, 0.1) is 0 Å². The van der Waals surface area contributed by atoms with E-state index in [0.717, 1.165) is 11.1 Å². The van der Waals surface area contributed by atoms with Crippen molar-refractivity contribution in [3.8, 4) is 22.4 Å². The fraction of sp³-hybridized carbons (Fsp3) is 0.148. The highest BCUT2D eigenvalue weighted by molar-refractivity contribution is 5.91. The third-order valence-electron chi connectivity index (χ3n) is 5.67. The number of carboxylic acid groups (broad SMARTS) is 1. The van der Waals surface area contributed by atoms with Gasteiger partial charge in [0.2, 0.25) is 0 Å². The Kier molecular flexibility index (Phi) is 7.12. The molecule has 2 atom stereocenters. The van der Waals surface area contributed by atoms with E-state index in [1.807, 2.05) is 12.1 Å². The van der Waals surface area contributed by atoms with Gasteiger partial charge in [0.25, 0.3) is 0 Å². The molecule has 8 nitrogen and oxygen atoms in total. The molecule has 0 fully saturated rings. The summed E-state index contributed by atoms with van der Waals surface area (Å²) in [6.45, 7) is 3.22. The highest BCUT2D eigenvalue weighted by atomic mass is 19.1. The number of carbonyl (C=O) groups excluding carboxylic acids is 1. The topological polar surface area (TPSA) is 122 Å². The maximum absolute atomic E-state index is 14.0. The lowest BCUT2D eigenvalue weighted by molar-refractivity contribution is -0.146. The summed E-state index contributed by atoms with van der Waals surface area (Å²) in [6.07, 6.45) is -3.17. The highest BCUT2D eigenvalue weighted by Crippen LogP contribution is 2.32. The van der Waals surface area contributed by atoms with Gasteiger partial charge in [-0.1, -0.05) is 71.9 Å². The molecule has 0 aliphatic rings. The molecule has 1 amide bonds. The van der Waals surface area contributed by atoms with Crippen LogP contribution in [-0.2, 0) is 9.53 Å². The lowest BCUT2D eigenvalue weighted by Gasteiger charge is -2.15. The van der Waals surface area contributed by atoms with Gasteiger partial charge in [0.15, 0.2) is 11.9 Å². The number of amides is 1. The number of hydrogen-bond acceptors (Lipinski definition) is 6. The molecule has 0 spiro atoms. The number of carboxylic acids is 1. The first kappa shape index (κ1) is 24.6. The van der Waals surface area contributed by atoms with Crippen LogP contribution in [0.5, 0.6) is 0 Å². The van der Waals surface area contributed by atoms with Crippen molar-refractivity contribution in [3.63, 3.8) is 0 Å². The van der Waals surface area contributed by atoms with Gasteiger partial charge in [0.1, 0.15) is 23.3 Å². The van der Waals surface area contributed by atoms with E-state index in [-0.39, 0.29) is 11.1 Å². The zero-order valence-corrected chi connectivity index (χ0v) is 19.4.